The third kappa shape index (κ3) is 3.84. The first-order valence-electron chi connectivity index (χ1n) is 6.37. The first kappa shape index (κ1) is 14.7. The van der Waals surface area contributed by atoms with Gasteiger partial charge < -0.3 is 5.73 Å². The Morgan fingerprint density at radius 3 is 2.00 bits per heavy atom. The molecule has 0 aliphatic carbocycles. The van der Waals surface area contributed by atoms with Gasteiger partial charge in [0.1, 0.15) is 6.04 Å². The lowest BCUT2D eigenvalue weighted by Crippen LogP contribution is -2.37. The standard InChI is InChI=1S/C15H24N2O/c1-10(2)17-13(14(16)18)11-6-8-12(9-7-11)15(3,4)5/h6-10,13,17H,1-5H3,(H2,16,18). The molecule has 1 unspecified atom stereocenters. The zero-order chi connectivity index (χ0) is 13.9. The summed E-state index contributed by atoms with van der Waals surface area (Å²) in [5.41, 5.74) is 7.73. The lowest BCUT2D eigenvalue weighted by molar-refractivity contribution is -0.120. The zero-order valence-corrected chi connectivity index (χ0v) is 11.9. The lowest BCUT2D eigenvalue weighted by atomic mass is 9.86. The maximum absolute atomic E-state index is 11.5. The van der Waals surface area contributed by atoms with Gasteiger partial charge in [0.15, 0.2) is 0 Å². The van der Waals surface area contributed by atoms with E-state index < -0.39 is 6.04 Å². The maximum Gasteiger partial charge on any atom is 0.239 e. The van der Waals surface area contributed by atoms with Crippen LogP contribution in [-0.4, -0.2) is 11.9 Å². The summed E-state index contributed by atoms with van der Waals surface area (Å²) < 4.78 is 0. The topological polar surface area (TPSA) is 55.1 Å². The van der Waals surface area contributed by atoms with E-state index in [1.54, 1.807) is 0 Å². The van der Waals surface area contributed by atoms with Crippen molar-refractivity contribution in [2.24, 2.45) is 5.73 Å². The van der Waals surface area contributed by atoms with Crippen molar-refractivity contribution in [3.8, 4) is 0 Å². The van der Waals surface area contributed by atoms with Crippen LogP contribution < -0.4 is 11.1 Å². The Balaban J connectivity index is 2.98. The quantitative estimate of drug-likeness (QED) is 0.860. The lowest BCUT2D eigenvalue weighted by Gasteiger charge is -2.22. The molecule has 0 fully saturated rings. The number of carbonyl (C=O) groups is 1. The summed E-state index contributed by atoms with van der Waals surface area (Å²) in [6.07, 6.45) is 0. The van der Waals surface area contributed by atoms with Gasteiger partial charge >= 0.3 is 0 Å². The molecule has 0 aromatic heterocycles. The van der Waals surface area contributed by atoms with Gasteiger partial charge in [-0.3, -0.25) is 10.1 Å². The van der Waals surface area contributed by atoms with Gasteiger partial charge in [0.25, 0.3) is 0 Å². The van der Waals surface area contributed by atoms with Crippen LogP contribution in [0.4, 0.5) is 0 Å². The molecule has 0 saturated heterocycles. The van der Waals surface area contributed by atoms with Gasteiger partial charge in [0.05, 0.1) is 0 Å². The average Bonchev–Trinajstić information content (AvgIpc) is 2.24. The molecule has 0 saturated carbocycles. The summed E-state index contributed by atoms with van der Waals surface area (Å²) in [4.78, 5) is 11.5. The largest absolute Gasteiger partial charge is 0.368 e. The third-order valence-corrected chi connectivity index (χ3v) is 2.89. The number of carbonyl (C=O) groups excluding carboxylic acids is 1. The smallest absolute Gasteiger partial charge is 0.239 e. The zero-order valence-electron chi connectivity index (χ0n) is 11.9. The van der Waals surface area contributed by atoms with E-state index >= 15 is 0 Å². The molecule has 100 valence electrons. The third-order valence-electron chi connectivity index (χ3n) is 2.89. The highest BCUT2D eigenvalue weighted by Gasteiger charge is 2.19. The van der Waals surface area contributed by atoms with Crippen LogP contribution in [0.2, 0.25) is 0 Å². The molecular formula is C15H24N2O. The number of rotatable bonds is 4. The molecule has 1 rings (SSSR count). The predicted octanol–water partition coefficient (Wildman–Crippen LogP) is 2.51. The van der Waals surface area contributed by atoms with E-state index in [0.29, 0.717) is 0 Å². The summed E-state index contributed by atoms with van der Waals surface area (Å²) in [5, 5.41) is 3.18. The molecule has 3 N–H and O–H groups in total. The van der Waals surface area contributed by atoms with Crippen molar-refractivity contribution >= 4 is 5.91 Å². The summed E-state index contributed by atoms with van der Waals surface area (Å²) >= 11 is 0. The van der Waals surface area contributed by atoms with Crippen molar-refractivity contribution < 1.29 is 4.79 Å². The van der Waals surface area contributed by atoms with Crippen LogP contribution in [-0.2, 0) is 10.2 Å². The molecule has 1 atom stereocenters. The Labute approximate surface area is 110 Å². The summed E-state index contributed by atoms with van der Waals surface area (Å²) in [7, 11) is 0. The number of benzene rings is 1. The summed E-state index contributed by atoms with van der Waals surface area (Å²) in [6, 6.07) is 7.88. The highest BCUT2D eigenvalue weighted by Crippen LogP contribution is 2.24. The monoisotopic (exact) mass is 248 g/mol. The summed E-state index contributed by atoms with van der Waals surface area (Å²) in [5.74, 6) is -0.341. The average molecular weight is 248 g/mol. The van der Waals surface area contributed by atoms with Crippen molar-refractivity contribution in [3.05, 3.63) is 35.4 Å². The SMILES string of the molecule is CC(C)NC(C(N)=O)c1ccc(C(C)(C)C)cc1. The molecular weight excluding hydrogens is 224 g/mol. The van der Waals surface area contributed by atoms with Crippen LogP contribution >= 0.6 is 0 Å². The Kier molecular flexibility index (Phi) is 4.52. The first-order chi connectivity index (χ1) is 8.21. The molecule has 0 bridgehead atoms. The first-order valence-corrected chi connectivity index (χ1v) is 6.37. The second-order valence-electron chi connectivity index (χ2n) is 6.03. The van der Waals surface area contributed by atoms with Crippen LogP contribution in [0.3, 0.4) is 0 Å². The fourth-order valence-electron chi connectivity index (χ4n) is 1.85. The number of hydrogen-bond donors (Lipinski definition) is 2. The van der Waals surface area contributed by atoms with Crippen molar-refractivity contribution in [2.45, 2.75) is 52.1 Å². The molecule has 0 heterocycles. The number of hydrogen-bond acceptors (Lipinski definition) is 2. The molecule has 0 aliphatic heterocycles. The van der Waals surface area contributed by atoms with Crippen LogP contribution in [0.25, 0.3) is 0 Å². The number of amides is 1. The van der Waals surface area contributed by atoms with Crippen molar-refractivity contribution in [1.29, 1.82) is 0 Å². The molecule has 18 heavy (non-hydrogen) atoms. The second-order valence-corrected chi connectivity index (χ2v) is 6.03. The van der Waals surface area contributed by atoms with Crippen LogP contribution in [0.5, 0.6) is 0 Å². The minimum atomic E-state index is -0.418. The highest BCUT2D eigenvalue weighted by molar-refractivity contribution is 5.81. The molecule has 0 aliphatic rings. The Hall–Kier alpha value is -1.35. The molecule has 3 heteroatoms. The molecule has 3 nitrogen and oxygen atoms in total. The Morgan fingerprint density at radius 1 is 1.17 bits per heavy atom. The second kappa shape index (κ2) is 5.53. The minimum absolute atomic E-state index is 0.117. The van der Waals surface area contributed by atoms with E-state index in [0.717, 1.165) is 5.56 Å². The Bertz CT molecular complexity index is 401. The van der Waals surface area contributed by atoms with Crippen molar-refractivity contribution in [3.63, 3.8) is 0 Å². The van der Waals surface area contributed by atoms with Gasteiger partial charge in [-0.1, -0.05) is 45.0 Å². The van der Waals surface area contributed by atoms with Gasteiger partial charge in [-0.25, -0.2) is 0 Å². The van der Waals surface area contributed by atoms with Crippen LogP contribution in [0, 0.1) is 0 Å². The van der Waals surface area contributed by atoms with E-state index in [4.69, 9.17) is 5.73 Å². The number of nitrogens with one attached hydrogen (secondary N) is 1. The van der Waals surface area contributed by atoms with E-state index in [2.05, 4.69) is 38.2 Å². The van der Waals surface area contributed by atoms with Crippen LogP contribution in [0.15, 0.2) is 24.3 Å². The van der Waals surface area contributed by atoms with Crippen molar-refractivity contribution in [1.82, 2.24) is 5.32 Å². The summed E-state index contributed by atoms with van der Waals surface area (Å²) in [6.45, 7) is 10.5. The normalized spacial score (nSPS) is 13.7. The predicted molar refractivity (Wildman–Crippen MR) is 75.3 cm³/mol. The van der Waals surface area contributed by atoms with Crippen molar-refractivity contribution in [2.75, 3.05) is 0 Å². The molecule has 0 spiro atoms. The number of primary amides is 1. The van der Waals surface area contributed by atoms with Gasteiger partial charge in [0.2, 0.25) is 5.91 Å². The molecule has 0 radical (unpaired) electrons. The number of nitrogens with two attached hydrogens (primary N) is 1. The molecule has 1 amide bonds. The molecule has 1 aromatic carbocycles. The fraction of sp³-hybridized carbons (Fsp3) is 0.533. The van der Waals surface area contributed by atoms with E-state index in [1.807, 2.05) is 26.0 Å². The minimum Gasteiger partial charge on any atom is -0.368 e. The van der Waals surface area contributed by atoms with Gasteiger partial charge in [-0.2, -0.15) is 0 Å². The maximum atomic E-state index is 11.5. The Morgan fingerprint density at radius 2 is 1.67 bits per heavy atom. The van der Waals surface area contributed by atoms with Gasteiger partial charge in [-0.05, 0) is 30.4 Å². The highest BCUT2D eigenvalue weighted by atomic mass is 16.1. The van der Waals surface area contributed by atoms with E-state index in [1.165, 1.54) is 5.56 Å². The van der Waals surface area contributed by atoms with Gasteiger partial charge in [0, 0.05) is 6.04 Å². The van der Waals surface area contributed by atoms with Crippen LogP contribution in [0.1, 0.15) is 51.8 Å². The molecule has 1 aromatic rings. The fourth-order valence-corrected chi connectivity index (χ4v) is 1.85. The van der Waals surface area contributed by atoms with E-state index in [-0.39, 0.29) is 17.4 Å². The van der Waals surface area contributed by atoms with E-state index in [9.17, 15) is 4.79 Å². The van der Waals surface area contributed by atoms with Gasteiger partial charge in [-0.15, -0.1) is 0 Å².